The highest BCUT2D eigenvalue weighted by Crippen LogP contribution is 2.24. The predicted octanol–water partition coefficient (Wildman–Crippen LogP) is 2.23. The number of carbonyl (C=O) groups excluding carboxylic acids is 1. The molecule has 0 radical (unpaired) electrons. The summed E-state index contributed by atoms with van der Waals surface area (Å²) in [6.45, 7) is 0.266. The van der Waals surface area contributed by atoms with E-state index in [-0.39, 0.29) is 19.1 Å². The van der Waals surface area contributed by atoms with Gasteiger partial charge in [0.15, 0.2) is 0 Å². The van der Waals surface area contributed by atoms with Gasteiger partial charge in [0.2, 0.25) is 0 Å². The van der Waals surface area contributed by atoms with Crippen LogP contribution in [0.25, 0.3) is 0 Å². The first-order chi connectivity index (χ1) is 11.1. The zero-order valence-corrected chi connectivity index (χ0v) is 13.3. The molecule has 1 atom stereocenters. The highest BCUT2D eigenvalue weighted by Gasteiger charge is 2.21. The van der Waals surface area contributed by atoms with Gasteiger partial charge >= 0.3 is 5.97 Å². The summed E-state index contributed by atoms with van der Waals surface area (Å²) in [5.74, 6) is -0.854. The fraction of sp³-hybridized carbons (Fsp3) is 0.529. The first-order valence-corrected chi connectivity index (χ1v) is 7.89. The van der Waals surface area contributed by atoms with E-state index in [0.29, 0.717) is 11.3 Å². The molecule has 1 aliphatic carbocycles. The molecule has 0 aliphatic heterocycles. The Morgan fingerprint density at radius 2 is 2.09 bits per heavy atom. The third-order valence-corrected chi connectivity index (χ3v) is 3.92. The van der Waals surface area contributed by atoms with E-state index >= 15 is 0 Å². The first-order valence-electron chi connectivity index (χ1n) is 7.89. The fourth-order valence-corrected chi connectivity index (χ4v) is 2.64. The van der Waals surface area contributed by atoms with E-state index in [9.17, 15) is 9.59 Å². The van der Waals surface area contributed by atoms with Crippen LogP contribution in [-0.2, 0) is 9.53 Å². The van der Waals surface area contributed by atoms with Crippen LogP contribution < -0.4 is 10.1 Å². The molecular formula is C17H23NO5. The number of ether oxygens (including phenoxy) is 2. The third-order valence-electron chi connectivity index (χ3n) is 3.92. The van der Waals surface area contributed by atoms with Crippen LogP contribution >= 0.6 is 0 Å². The molecule has 1 fully saturated rings. The Balaban J connectivity index is 1.98. The number of amides is 1. The lowest BCUT2D eigenvalue weighted by Crippen LogP contribution is -2.41. The molecule has 0 spiro atoms. The summed E-state index contributed by atoms with van der Waals surface area (Å²) in [5, 5.41) is 11.7. The second kappa shape index (κ2) is 8.53. The second-order valence-corrected chi connectivity index (χ2v) is 5.70. The number of hydrogen-bond acceptors (Lipinski definition) is 4. The number of nitrogens with one attached hydrogen (secondary N) is 1. The van der Waals surface area contributed by atoms with Crippen molar-refractivity contribution in [1.82, 2.24) is 5.32 Å². The van der Waals surface area contributed by atoms with Crippen molar-refractivity contribution in [1.29, 1.82) is 0 Å². The molecule has 1 aromatic rings. The first kappa shape index (κ1) is 17.3. The van der Waals surface area contributed by atoms with Gasteiger partial charge in [-0.1, -0.05) is 6.07 Å². The monoisotopic (exact) mass is 321 g/mol. The van der Waals surface area contributed by atoms with Crippen LogP contribution in [0.1, 0.15) is 42.5 Å². The van der Waals surface area contributed by atoms with Gasteiger partial charge in [-0.05, 0) is 43.9 Å². The SMILES string of the molecule is COCCC(NC(=O)c1cccc(OC2CCCC2)c1)C(=O)O. The van der Waals surface area contributed by atoms with Crippen LogP contribution in [0.2, 0.25) is 0 Å². The Bertz CT molecular complexity index is 540. The summed E-state index contributed by atoms with van der Waals surface area (Å²) in [6, 6.07) is 5.88. The van der Waals surface area contributed by atoms with Crippen molar-refractivity contribution in [3.8, 4) is 5.75 Å². The van der Waals surface area contributed by atoms with Crippen molar-refractivity contribution in [3.05, 3.63) is 29.8 Å². The lowest BCUT2D eigenvalue weighted by atomic mass is 10.1. The molecule has 1 amide bonds. The van der Waals surface area contributed by atoms with Crippen molar-refractivity contribution in [2.45, 2.75) is 44.2 Å². The molecule has 6 nitrogen and oxygen atoms in total. The average molecular weight is 321 g/mol. The summed E-state index contributed by atoms with van der Waals surface area (Å²) >= 11 is 0. The molecule has 0 heterocycles. The maximum Gasteiger partial charge on any atom is 0.326 e. The highest BCUT2D eigenvalue weighted by molar-refractivity contribution is 5.96. The van der Waals surface area contributed by atoms with Gasteiger partial charge in [0.05, 0.1) is 6.10 Å². The van der Waals surface area contributed by atoms with Crippen molar-refractivity contribution in [3.63, 3.8) is 0 Å². The van der Waals surface area contributed by atoms with Crippen molar-refractivity contribution >= 4 is 11.9 Å². The Hall–Kier alpha value is -2.08. The molecule has 1 saturated carbocycles. The van der Waals surface area contributed by atoms with Gasteiger partial charge in [0.25, 0.3) is 5.91 Å². The van der Waals surface area contributed by atoms with Crippen LogP contribution in [-0.4, -0.2) is 42.8 Å². The number of hydrogen-bond donors (Lipinski definition) is 2. The Kier molecular flexibility index (Phi) is 6.40. The standard InChI is InChI=1S/C17H23NO5/c1-22-10-9-15(17(20)21)18-16(19)12-5-4-8-14(11-12)23-13-6-2-3-7-13/h4-5,8,11,13,15H,2-3,6-7,9-10H2,1H3,(H,18,19)(H,20,21). The van der Waals surface area contributed by atoms with Gasteiger partial charge in [-0.3, -0.25) is 4.79 Å². The lowest BCUT2D eigenvalue weighted by molar-refractivity contribution is -0.139. The van der Waals surface area contributed by atoms with Gasteiger partial charge in [0.1, 0.15) is 11.8 Å². The summed E-state index contributed by atoms with van der Waals surface area (Å²) in [6.07, 6.45) is 4.84. The largest absolute Gasteiger partial charge is 0.490 e. The maximum absolute atomic E-state index is 12.2. The molecule has 6 heteroatoms. The van der Waals surface area contributed by atoms with E-state index in [1.807, 2.05) is 6.07 Å². The van der Waals surface area contributed by atoms with Crippen LogP contribution in [0.5, 0.6) is 5.75 Å². The maximum atomic E-state index is 12.2. The van der Waals surface area contributed by atoms with Crippen LogP contribution in [0.3, 0.4) is 0 Å². The van der Waals surface area contributed by atoms with E-state index in [0.717, 1.165) is 12.8 Å². The molecule has 2 N–H and O–H groups in total. The molecule has 126 valence electrons. The molecule has 0 bridgehead atoms. The molecule has 1 aliphatic rings. The molecule has 2 rings (SSSR count). The fourth-order valence-electron chi connectivity index (χ4n) is 2.64. The molecule has 0 saturated heterocycles. The quantitative estimate of drug-likeness (QED) is 0.767. The number of carbonyl (C=O) groups is 2. The smallest absolute Gasteiger partial charge is 0.326 e. The van der Waals surface area contributed by atoms with E-state index in [1.165, 1.54) is 20.0 Å². The molecule has 1 aromatic carbocycles. The van der Waals surface area contributed by atoms with Crippen molar-refractivity contribution in [2.24, 2.45) is 0 Å². The van der Waals surface area contributed by atoms with E-state index in [4.69, 9.17) is 14.6 Å². The van der Waals surface area contributed by atoms with Crippen LogP contribution in [0.4, 0.5) is 0 Å². The van der Waals surface area contributed by atoms with Gasteiger partial charge in [-0.15, -0.1) is 0 Å². The van der Waals surface area contributed by atoms with Gasteiger partial charge in [-0.25, -0.2) is 4.79 Å². The van der Waals surface area contributed by atoms with Crippen molar-refractivity contribution < 1.29 is 24.2 Å². The summed E-state index contributed by atoms with van der Waals surface area (Å²) in [7, 11) is 1.49. The van der Waals surface area contributed by atoms with E-state index < -0.39 is 17.9 Å². The Morgan fingerprint density at radius 1 is 1.35 bits per heavy atom. The number of methoxy groups -OCH3 is 1. The highest BCUT2D eigenvalue weighted by atomic mass is 16.5. The third kappa shape index (κ3) is 5.25. The molecule has 0 aromatic heterocycles. The van der Waals surface area contributed by atoms with E-state index in [1.54, 1.807) is 18.2 Å². The number of benzene rings is 1. The van der Waals surface area contributed by atoms with Crippen molar-refractivity contribution in [2.75, 3.05) is 13.7 Å². The van der Waals surface area contributed by atoms with Crippen LogP contribution in [0, 0.1) is 0 Å². The summed E-state index contributed by atoms with van der Waals surface area (Å²) in [5.41, 5.74) is 0.393. The minimum absolute atomic E-state index is 0.210. The van der Waals surface area contributed by atoms with Gasteiger partial charge in [0, 0.05) is 25.7 Å². The molecule has 23 heavy (non-hydrogen) atoms. The number of aliphatic carboxylic acids is 1. The summed E-state index contributed by atoms with van der Waals surface area (Å²) in [4.78, 5) is 23.4. The summed E-state index contributed by atoms with van der Waals surface area (Å²) < 4.78 is 10.7. The zero-order chi connectivity index (χ0) is 16.7. The number of rotatable bonds is 8. The Labute approximate surface area is 135 Å². The topological polar surface area (TPSA) is 84.9 Å². The minimum Gasteiger partial charge on any atom is -0.490 e. The molecule has 1 unspecified atom stereocenters. The van der Waals surface area contributed by atoms with E-state index in [2.05, 4.69) is 5.32 Å². The molecular weight excluding hydrogens is 298 g/mol. The van der Waals surface area contributed by atoms with Crippen LogP contribution in [0.15, 0.2) is 24.3 Å². The second-order valence-electron chi connectivity index (χ2n) is 5.70. The lowest BCUT2D eigenvalue weighted by Gasteiger charge is -2.16. The normalized spacial score (nSPS) is 16.0. The van der Waals surface area contributed by atoms with Gasteiger partial charge < -0.3 is 19.9 Å². The zero-order valence-electron chi connectivity index (χ0n) is 13.3. The Morgan fingerprint density at radius 3 is 2.74 bits per heavy atom. The van der Waals surface area contributed by atoms with Gasteiger partial charge in [-0.2, -0.15) is 0 Å². The average Bonchev–Trinajstić information content (AvgIpc) is 3.04. The minimum atomic E-state index is -1.08. The number of carboxylic acid groups (broad SMARTS) is 1. The predicted molar refractivity (Wildman–Crippen MR) is 84.7 cm³/mol. The number of carboxylic acids is 1.